The summed E-state index contributed by atoms with van der Waals surface area (Å²) in [4.78, 5) is 53.2. The van der Waals surface area contributed by atoms with E-state index in [0.29, 0.717) is 28.2 Å². The summed E-state index contributed by atoms with van der Waals surface area (Å²) >= 11 is 0. The van der Waals surface area contributed by atoms with E-state index in [1.807, 2.05) is 45.9 Å². The second-order valence-corrected chi connectivity index (χ2v) is 11.5. The third-order valence-corrected chi connectivity index (χ3v) is 8.95. The maximum atomic E-state index is 12.7. The van der Waals surface area contributed by atoms with E-state index in [4.69, 9.17) is 9.97 Å². The SMILES string of the molecule is C=CC1=C(C)c2cc3nc(c(CC(=O)O)c4[nH]c(cc5[nH]c(cc1n2)c(C)c5CC)c(C)c4C(=O)O)[C@@H](CCC(=O)O)[C@@H]3C.[H-].[Na+].[Zn]. The molecular weight excluding hydrogens is 649 g/mol. The number of aryl methyl sites for hydroxylation is 3. The minimum atomic E-state index is -1.20. The van der Waals surface area contributed by atoms with Crippen LogP contribution in [0.3, 0.4) is 0 Å². The number of rotatable bonds is 8. The van der Waals surface area contributed by atoms with Crippen LogP contribution in [0.2, 0.25) is 0 Å². The van der Waals surface area contributed by atoms with Crippen LogP contribution in [0.1, 0.15) is 102 Å². The molecule has 0 saturated carbocycles. The number of allylic oxidation sites excluding steroid dienone is 3. The van der Waals surface area contributed by atoms with E-state index < -0.39 is 30.2 Å². The topological polar surface area (TPSA) is 169 Å². The van der Waals surface area contributed by atoms with Crippen molar-refractivity contribution in [3.8, 4) is 0 Å². The van der Waals surface area contributed by atoms with Crippen LogP contribution in [-0.4, -0.2) is 53.2 Å². The molecule has 12 heteroatoms. The van der Waals surface area contributed by atoms with E-state index in [-0.39, 0.29) is 85.9 Å². The smallest absolute Gasteiger partial charge is 1.00 e. The van der Waals surface area contributed by atoms with Crippen LogP contribution in [0.15, 0.2) is 30.9 Å². The number of carbonyl (C=O) groups is 3. The molecule has 8 bridgehead atoms. The largest absolute Gasteiger partial charge is 1.00 e. The van der Waals surface area contributed by atoms with Crippen LogP contribution >= 0.6 is 0 Å². The quantitative estimate of drug-likeness (QED) is 0.223. The maximum Gasteiger partial charge on any atom is 1.00 e. The first kappa shape index (κ1) is 37.1. The number of hydrogen-bond acceptors (Lipinski definition) is 5. The number of aromatic amines is 2. The van der Waals surface area contributed by atoms with Gasteiger partial charge in [-0.25, -0.2) is 9.78 Å². The van der Waals surface area contributed by atoms with Crippen LogP contribution in [0.5, 0.6) is 0 Å². The number of nitrogens with zero attached hydrogens (tertiary/aromatic N) is 2. The molecule has 5 heterocycles. The molecule has 3 aromatic heterocycles. The van der Waals surface area contributed by atoms with E-state index >= 15 is 0 Å². The van der Waals surface area contributed by atoms with Gasteiger partial charge in [-0.2, -0.15) is 0 Å². The number of carboxylic acid groups (broad SMARTS) is 3. The third-order valence-electron chi connectivity index (χ3n) is 8.95. The Balaban J connectivity index is 0.00000256. The number of H-pyrrole nitrogens is 2. The van der Waals surface area contributed by atoms with Crippen molar-refractivity contribution in [2.24, 2.45) is 0 Å². The molecule has 10 nitrogen and oxygen atoms in total. The molecular formula is C34H37N4NaO6Zn. The summed E-state index contributed by atoms with van der Waals surface area (Å²) < 4.78 is 0. The monoisotopic (exact) mass is 684 g/mol. The summed E-state index contributed by atoms with van der Waals surface area (Å²) in [5.41, 5.74) is 9.27. The Bertz CT molecular complexity index is 1970. The van der Waals surface area contributed by atoms with Gasteiger partial charge in [0.2, 0.25) is 0 Å². The third kappa shape index (κ3) is 6.70. The fourth-order valence-electron chi connectivity index (χ4n) is 6.53. The van der Waals surface area contributed by atoms with E-state index in [1.54, 1.807) is 13.0 Å². The Labute approximate surface area is 303 Å². The number of aliphatic carboxylic acids is 2. The average Bonchev–Trinajstić information content (AvgIpc) is 3.63. The van der Waals surface area contributed by atoms with Gasteiger partial charge in [-0.05, 0) is 74.1 Å². The first-order valence-corrected chi connectivity index (χ1v) is 14.6. The summed E-state index contributed by atoms with van der Waals surface area (Å²) in [7, 11) is 0. The van der Waals surface area contributed by atoms with Crippen molar-refractivity contribution in [3.63, 3.8) is 0 Å². The standard InChI is InChI=1S/C34H36N4O6.Na.Zn.H/c1-7-19-15(3)23-12-25-17(5)21(9-10-29(39)40)32(37-25)22(11-30(41)42)33-31(34(43)44)18(6)26(38-33)14-28-20(8-2)16(4)24(36-28)13-27(19)35-23;;;/h7,12-14,17,21,36,38H,1,8-11H2,2-6H3,(H,39,40)(H,41,42)(H,43,44);;;/q;+1;;-1/t17-,21-;;;/m0.../s1. The predicted molar refractivity (Wildman–Crippen MR) is 170 cm³/mol. The molecule has 0 radical (unpaired) electrons. The fraction of sp³-hybridized carbons (Fsp3) is 0.324. The van der Waals surface area contributed by atoms with Crippen LogP contribution in [0.25, 0.3) is 33.2 Å². The Morgan fingerprint density at radius 1 is 0.935 bits per heavy atom. The van der Waals surface area contributed by atoms with Crippen molar-refractivity contribution in [2.75, 3.05) is 0 Å². The summed E-state index contributed by atoms with van der Waals surface area (Å²) in [5, 5.41) is 29.9. The molecule has 0 aliphatic carbocycles. The van der Waals surface area contributed by atoms with Gasteiger partial charge in [-0.1, -0.05) is 26.5 Å². The summed E-state index contributed by atoms with van der Waals surface area (Å²) in [6.07, 6.45) is 2.04. The molecule has 2 atom stereocenters. The molecule has 232 valence electrons. The second kappa shape index (κ2) is 14.6. The maximum absolute atomic E-state index is 12.7. The zero-order valence-corrected chi connectivity index (χ0v) is 32.1. The summed E-state index contributed by atoms with van der Waals surface area (Å²) in [5.74, 6) is -4.08. The molecule has 0 fully saturated rings. The normalized spacial score (nSPS) is 15.6. The van der Waals surface area contributed by atoms with Gasteiger partial charge < -0.3 is 26.7 Å². The van der Waals surface area contributed by atoms with Crippen LogP contribution in [0, 0.1) is 13.8 Å². The Hall–Kier alpha value is -3.37. The molecule has 0 aromatic carbocycles. The average molecular weight is 686 g/mol. The first-order chi connectivity index (χ1) is 20.9. The van der Waals surface area contributed by atoms with Crippen molar-refractivity contribution in [1.29, 1.82) is 0 Å². The van der Waals surface area contributed by atoms with Gasteiger partial charge in [0.25, 0.3) is 0 Å². The summed E-state index contributed by atoms with van der Waals surface area (Å²) in [6.45, 7) is 13.7. The van der Waals surface area contributed by atoms with E-state index in [2.05, 4.69) is 16.5 Å². The Morgan fingerprint density at radius 3 is 2.20 bits per heavy atom. The second-order valence-electron chi connectivity index (χ2n) is 11.5. The predicted octanol–water partition coefficient (Wildman–Crippen LogP) is 3.80. The van der Waals surface area contributed by atoms with Crippen LogP contribution in [0.4, 0.5) is 0 Å². The van der Waals surface area contributed by atoms with Crippen molar-refractivity contribution in [2.45, 2.75) is 72.1 Å². The number of carboxylic acids is 3. The van der Waals surface area contributed by atoms with E-state index in [9.17, 15) is 29.7 Å². The molecule has 0 unspecified atom stereocenters. The molecule has 0 saturated heterocycles. The number of hydrogen-bond donors (Lipinski definition) is 5. The van der Waals surface area contributed by atoms with Crippen molar-refractivity contribution < 1.29 is 80.2 Å². The zero-order chi connectivity index (χ0) is 32.0. The zero-order valence-electron chi connectivity index (χ0n) is 28.2. The van der Waals surface area contributed by atoms with Crippen molar-refractivity contribution >= 4 is 51.1 Å². The Morgan fingerprint density at radius 2 is 1.61 bits per heavy atom. The van der Waals surface area contributed by atoms with Gasteiger partial charge in [-0.3, -0.25) is 14.6 Å². The van der Waals surface area contributed by atoms with Crippen molar-refractivity contribution in [3.05, 3.63) is 81.4 Å². The summed E-state index contributed by atoms with van der Waals surface area (Å²) in [6, 6.07) is 5.70. The fourth-order valence-corrected chi connectivity index (χ4v) is 6.53. The minimum Gasteiger partial charge on any atom is -1.00 e. The van der Waals surface area contributed by atoms with Gasteiger partial charge in [0.05, 0.1) is 34.6 Å². The van der Waals surface area contributed by atoms with Gasteiger partial charge >= 0.3 is 47.5 Å². The first-order valence-electron chi connectivity index (χ1n) is 14.6. The molecule has 2 aliphatic rings. The van der Waals surface area contributed by atoms with Gasteiger partial charge in [0.15, 0.2) is 0 Å². The molecule has 0 spiro atoms. The van der Waals surface area contributed by atoms with E-state index in [1.165, 1.54) is 0 Å². The number of aromatic nitrogens is 4. The molecule has 3 aromatic rings. The Kier molecular flexibility index (Phi) is 11.8. The number of nitrogens with one attached hydrogen (secondary N) is 2. The molecule has 46 heavy (non-hydrogen) atoms. The number of fused-ring (bicyclic) bond motifs is 8. The van der Waals surface area contributed by atoms with E-state index in [0.717, 1.165) is 45.4 Å². The molecule has 0 amide bonds. The minimum absolute atomic E-state index is 0. The van der Waals surface area contributed by atoms with Crippen LogP contribution in [-0.2, 0) is 41.9 Å². The molecule has 5 N–H and O–H groups in total. The van der Waals surface area contributed by atoms with Gasteiger partial charge in [0.1, 0.15) is 0 Å². The number of aromatic carboxylic acids is 1. The molecule has 2 aliphatic heterocycles. The van der Waals surface area contributed by atoms with Crippen molar-refractivity contribution in [1.82, 2.24) is 19.9 Å². The van der Waals surface area contributed by atoms with Gasteiger partial charge in [0, 0.05) is 71.1 Å². The van der Waals surface area contributed by atoms with Gasteiger partial charge in [-0.15, -0.1) is 0 Å². The van der Waals surface area contributed by atoms with Crippen LogP contribution < -0.4 is 29.6 Å². The molecule has 5 rings (SSSR count).